The molecule has 0 aromatic heterocycles. The third kappa shape index (κ3) is 25.8. The number of guanidine groups is 1. The zero-order chi connectivity index (χ0) is 58.9. The molecule has 0 aliphatic carbocycles. The third-order valence-electron chi connectivity index (χ3n) is 11.4. The van der Waals surface area contributed by atoms with E-state index in [2.05, 4.69) is 52.8 Å². The second-order valence-electron chi connectivity index (χ2n) is 19.4. The van der Waals surface area contributed by atoms with Gasteiger partial charge in [-0.1, -0.05) is 53.7 Å². The lowest BCUT2D eigenvalue weighted by Crippen LogP contribution is -2.61. The number of carbonyl (C=O) groups is 12. The summed E-state index contributed by atoms with van der Waals surface area (Å²) in [6.45, 7) is 11.6. The summed E-state index contributed by atoms with van der Waals surface area (Å²) in [6.07, 6.45) is -1.74. The van der Waals surface area contributed by atoms with Crippen LogP contribution in [0.5, 0.6) is 5.75 Å². The van der Waals surface area contributed by atoms with E-state index in [-0.39, 0.29) is 49.9 Å². The lowest BCUT2D eigenvalue weighted by Gasteiger charge is -2.29. The predicted octanol–water partition coefficient (Wildman–Crippen LogP) is -4.47. The molecule has 430 valence electrons. The minimum Gasteiger partial charge on any atom is -0.508 e. The number of nitrogens with one attached hydrogen (secondary N) is 9. The number of nitrogens with two attached hydrogens (primary N) is 4. The molecule has 1 aromatic carbocycles. The number of phenols is 1. The van der Waals surface area contributed by atoms with Crippen LogP contribution in [0.25, 0.3) is 0 Å². The highest BCUT2D eigenvalue weighted by atomic mass is 16.4. The van der Waals surface area contributed by atoms with Gasteiger partial charge >= 0.3 is 11.9 Å². The number of amides is 10. The van der Waals surface area contributed by atoms with E-state index >= 15 is 0 Å². The Morgan fingerprint density at radius 2 is 1.05 bits per heavy atom. The van der Waals surface area contributed by atoms with Crippen LogP contribution in [0.2, 0.25) is 0 Å². The van der Waals surface area contributed by atoms with Gasteiger partial charge in [-0.15, -0.1) is 0 Å². The molecule has 0 aliphatic rings. The van der Waals surface area contributed by atoms with Gasteiger partial charge in [0.25, 0.3) is 0 Å². The fourth-order valence-corrected chi connectivity index (χ4v) is 7.09. The molecule has 9 atom stereocenters. The number of aliphatic carboxylic acids is 2. The number of carboxylic acid groups (broad SMARTS) is 2. The smallest absolute Gasteiger partial charge is 0.325 e. The first-order chi connectivity index (χ1) is 35.8. The van der Waals surface area contributed by atoms with Crippen LogP contribution in [0.15, 0.2) is 29.3 Å². The van der Waals surface area contributed by atoms with Crippen molar-refractivity contribution in [3.8, 4) is 5.75 Å². The zero-order valence-corrected chi connectivity index (χ0v) is 44.6. The third-order valence-corrected chi connectivity index (χ3v) is 11.4. The number of primary amides is 1. The van der Waals surface area contributed by atoms with Crippen LogP contribution in [0.4, 0.5) is 0 Å². The monoisotopic (exact) mass is 1090 g/mol. The van der Waals surface area contributed by atoms with Gasteiger partial charge in [-0.25, -0.2) is 0 Å². The fourth-order valence-electron chi connectivity index (χ4n) is 7.09. The molecule has 0 unspecified atom stereocenters. The number of hydrogen-bond acceptors (Lipinski definition) is 15. The molecular formula is C48H78N14O15. The maximum atomic E-state index is 14.3. The molecule has 0 spiro atoms. The van der Waals surface area contributed by atoms with Crippen molar-refractivity contribution in [1.82, 2.24) is 47.9 Å². The normalized spacial score (nSPS) is 14.5. The van der Waals surface area contributed by atoms with Crippen molar-refractivity contribution in [1.29, 1.82) is 0 Å². The van der Waals surface area contributed by atoms with Crippen LogP contribution in [0, 0.1) is 17.8 Å². The molecule has 0 heterocycles. The molecule has 29 nitrogen and oxygen atoms in total. The van der Waals surface area contributed by atoms with Crippen LogP contribution < -0.4 is 70.8 Å². The Balaban J connectivity index is 3.46. The summed E-state index contributed by atoms with van der Waals surface area (Å²) >= 11 is 0. The van der Waals surface area contributed by atoms with Crippen LogP contribution in [0.1, 0.15) is 99.5 Å². The highest BCUT2D eigenvalue weighted by molar-refractivity contribution is 5.98. The van der Waals surface area contributed by atoms with Crippen molar-refractivity contribution >= 4 is 77.0 Å². The molecule has 10 amide bonds. The molecule has 1 aromatic rings. The molecular weight excluding hydrogens is 1010 g/mol. The summed E-state index contributed by atoms with van der Waals surface area (Å²) < 4.78 is 0. The predicted molar refractivity (Wildman–Crippen MR) is 277 cm³/mol. The molecule has 0 bridgehead atoms. The van der Waals surface area contributed by atoms with E-state index in [0.29, 0.717) is 5.56 Å². The average Bonchev–Trinajstić information content (AvgIpc) is 3.32. The number of rotatable bonds is 34. The Labute approximate surface area is 445 Å². The quantitative estimate of drug-likeness (QED) is 0.0176. The lowest BCUT2D eigenvalue weighted by atomic mass is 9.98. The van der Waals surface area contributed by atoms with E-state index in [1.165, 1.54) is 31.2 Å². The van der Waals surface area contributed by atoms with Gasteiger partial charge in [0, 0.05) is 19.4 Å². The van der Waals surface area contributed by atoms with Crippen LogP contribution in [-0.2, 0) is 64.0 Å². The Hall–Kier alpha value is -8.11. The number of nitrogens with zero attached hydrogens (tertiary/aromatic N) is 1. The summed E-state index contributed by atoms with van der Waals surface area (Å²) in [7, 11) is 0. The molecule has 0 aliphatic heterocycles. The number of benzene rings is 1. The summed E-state index contributed by atoms with van der Waals surface area (Å²) in [5.74, 6) is -13.4. The summed E-state index contributed by atoms with van der Waals surface area (Å²) in [6, 6.07) is -6.76. The van der Waals surface area contributed by atoms with Crippen molar-refractivity contribution in [2.45, 2.75) is 155 Å². The van der Waals surface area contributed by atoms with E-state index in [1.54, 1.807) is 41.5 Å². The molecule has 77 heavy (non-hydrogen) atoms. The average molecular weight is 1090 g/mol. The van der Waals surface area contributed by atoms with Gasteiger partial charge in [0.05, 0.1) is 19.0 Å². The van der Waals surface area contributed by atoms with Crippen molar-refractivity contribution in [3.63, 3.8) is 0 Å². The first-order valence-electron chi connectivity index (χ1n) is 24.8. The Kier molecular flexibility index (Phi) is 28.7. The molecule has 0 saturated heterocycles. The molecule has 0 fully saturated rings. The molecule has 29 heteroatoms. The fraction of sp³-hybridized carbons (Fsp3) is 0.604. The maximum absolute atomic E-state index is 14.3. The maximum Gasteiger partial charge on any atom is 0.325 e. The van der Waals surface area contributed by atoms with Crippen LogP contribution in [-0.4, -0.2) is 160 Å². The SMILES string of the molecule is CC(C)C[C@H](NC(=O)[C@H](CCCN=C(N)N)NC(=O)CNC(=O)[C@@H](NC(=O)[C@H](C)NC(=O)[C@@H](N)CC(N)=O)C(C)C)C(=O)N[C@@H](Cc1ccc(O)cc1)C(=O)N[C@H](C(=O)N[C@@H](CCC(=O)O)C(=O)N[C@@H](C)C(=O)O)C(C)C. The number of phenolic OH excluding ortho intramolecular Hbond substituents is 1. The number of carbonyl (C=O) groups excluding carboxylic acids is 10. The number of carboxylic acids is 2. The minimum atomic E-state index is -1.54. The lowest BCUT2D eigenvalue weighted by molar-refractivity contribution is -0.142. The first-order valence-corrected chi connectivity index (χ1v) is 24.8. The number of aromatic hydroxyl groups is 1. The van der Waals surface area contributed by atoms with E-state index in [0.717, 1.165) is 6.92 Å². The highest BCUT2D eigenvalue weighted by Crippen LogP contribution is 2.14. The van der Waals surface area contributed by atoms with Gasteiger partial charge in [-0.2, -0.15) is 0 Å². The second kappa shape index (κ2) is 33.0. The van der Waals surface area contributed by atoms with Gasteiger partial charge in [-0.3, -0.25) is 62.5 Å². The first kappa shape index (κ1) is 66.9. The van der Waals surface area contributed by atoms with Gasteiger partial charge in [-0.05, 0) is 75.0 Å². The summed E-state index contributed by atoms with van der Waals surface area (Å²) in [5, 5.41) is 50.7. The molecule has 0 saturated carbocycles. The van der Waals surface area contributed by atoms with Crippen molar-refractivity contribution in [2.24, 2.45) is 45.7 Å². The van der Waals surface area contributed by atoms with E-state index in [9.17, 15) is 72.9 Å². The van der Waals surface area contributed by atoms with E-state index in [1.807, 2.05) is 0 Å². The van der Waals surface area contributed by atoms with Crippen LogP contribution in [0.3, 0.4) is 0 Å². The van der Waals surface area contributed by atoms with Crippen molar-refractivity contribution in [3.05, 3.63) is 29.8 Å². The number of aliphatic imine (C=N–C) groups is 1. The molecule has 20 N–H and O–H groups in total. The Morgan fingerprint density at radius 1 is 0.558 bits per heavy atom. The van der Waals surface area contributed by atoms with Crippen molar-refractivity contribution < 1.29 is 72.9 Å². The Bertz CT molecular complexity index is 2270. The van der Waals surface area contributed by atoms with Gasteiger partial charge in [0.2, 0.25) is 59.1 Å². The summed E-state index contributed by atoms with van der Waals surface area (Å²) in [5.41, 5.74) is 22.1. The van der Waals surface area contributed by atoms with Gasteiger partial charge in [0.15, 0.2) is 5.96 Å². The highest BCUT2D eigenvalue weighted by Gasteiger charge is 2.35. The molecule has 0 radical (unpaired) electrons. The van der Waals surface area contributed by atoms with Gasteiger partial charge in [0.1, 0.15) is 54.1 Å². The zero-order valence-electron chi connectivity index (χ0n) is 44.6. The minimum absolute atomic E-state index is 0.0159. The second-order valence-corrected chi connectivity index (χ2v) is 19.4. The topological polar surface area (TPSA) is 490 Å². The van der Waals surface area contributed by atoms with Crippen molar-refractivity contribution in [2.75, 3.05) is 13.1 Å². The van der Waals surface area contributed by atoms with E-state index in [4.69, 9.17) is 22.9 Å². The molecule has 1 rings (SSSR count). The largest absolute Gasteiger partial charge is 0.508 e. The van der Waals surface area contributed by atoms with Crippen LogP contribution >= 0.6 is 0 Å². The van der Waals surface area contributed by atoms with E-state index < -0.39 is 163 Å². The number of hydrogen-bond donors (Lipinski definition) is 16. The standard InChI is InChI=1S/C48H78N14O15/c1-22(2)18-32(59-42(71)30(10-9-17-53-48(51)52)57-35(65)21-54-45(74)37(23(3)4)61-39(68)25(7)55-40(69)29(49)20-34(50)64)43(72)60-33(19-27-11-13-28(63)14-12-27)44(73)62-38(24(5)6)46(75)58-31(15-16-36(66)67)41(70)56-26(8)47(76)77/h11-14,22-26,29-33,37-38,63H,9-10,15-21,49H2,1-8H3,(H2,50,64)(H,54,74)(H,55,69)(H,56,70)(H,57,65)(H,58,75)(H,59,71)(H,60,72)(H,61,68)(H,62,73)(H,66,67)(H,76,77)(H4,51,52,53)/t25-,26-,29-,30-,31-,32-,33-,37-,38-/m0/s1. The Morgan fingerprint density at radius 3 is 1.58 bits per heavy atom. The van der Waals surface area contributed by atoms with Gasteiger partial charge < -0.3 is 86.1 Å². The summed E-state index contributed by atoms with van der Waals surface area (Å²) in [4.78, 5) is 159.